The van der Waals surface area contributed by atoms with Gasteiger partial charge in [0.05, 0.1) is 5.69 Å². The molecule has 1 N–H and O–H groups in total. The number of fused-ring (bicyclic) bond motifs is 2. The highest BCUT2D eigenvalue weighted by atomic mass is 16.5. The minimum atomic E-state index is -0.510. The van der Waals surface area contributed by atoms with E-state index in [9.17, 15) is 14.4 Å². The second-order valence-corrected chi connectivity index (χ2v) is 7.99. The van der Waals surface area contributed by atoms with Crippen molar-refractivity contribution in [2.24, 2.45) is 14.1 Å². The van der Waals surface area contributed by atoms with Gasteiger partial charge in [0.1, 0.15) is 11.1 Å². The normalized spacial score (nSPS) is 11.3. The zero-order chi connectivity index (χ0) is 23.0. The van der Waals surface area contributed by atoms with E-state index < -0.39 is 17.2 Å². The summed E-state index contributed by atoms with van der Waals surface area (Å²) in [5.41, 5.74) is 0.280. The molecular weight excluding hydrogens is 408 g/mol. The van der Waals surface area contributed by atoms with Crippen molar-refractivity contribution in [2.75, 3.05) is 11.9 Å². The van der Waals surface area contributed by atoms with Gasteiger partial charge in [0.2, 0.25) is 0 Å². The first-order valence-electron chi connectivity index (χ1n) is 10.3. The van der Waals surface area contributed by atoms with E-state index in [1.807, 2.05) is 56.3 Å². The molecule has 0 aliphatic carbocycles. The van der Waals surface area contributed by atoms with Crippen LogP contribution in [0.1, 0.15) is 25.3 Å². The molecule has 0 bridgehead atoms. The highest BCUT2D eigenvalue weighted by molar-refractivity contribution is 6.01. The lowest BCUT2D eigenvalue weighted by Gasteiger charge is -2.17. The minimum absolute atomic E-state index is 0.00875. The van der Waals surface area contributed by atoms with Crippen LogP contribution in [0.5, 0.6) is 5.75 Å². The van der Waals surface area contributed by atoms with Crippen molar-refractivity contribution < 1.29 is 9.53 Å². The Kier molecular flexibility index (Phi) is 5.52. The number of aryl methyl sites for hydroxylation is 1. The number of hydrogen-bond donors (Lipinski definition) is 1. The molecule has 0 unspecified atom stereocenters. The van der Waals surface area contributed by atoms with Gasteiger partial charge in [-0.25, -0.2) is 9.78 Å². The zero-order valence-electron chi connectivity index (χ0n) is 18.4. The van der Waals surface area contributed by atoms with E-state index in [2.05, 4.69) is 10.3 Å². The van der Waals surface area contributed by atoms with Crippen LogP contribution < -0.4 is 21.3 Å². The molecule has 8 nitrogen and oxygen atoms in total. The van der Waals surface area contributed by atoms with Crippen molar-refractivity contribution >= 4 is 33.4 Å². The molecule has 0 fully saturated rings. The molecule has 1 amide bonds. The van der Waals surface area contributed by atoms with Crippen molar-refractivity contribution in [3.05, 3.63) is 75.1 Å². The van der Waals surface area contributed by atoms with Crippen LogP contribution in [0.25, 0.3) is 21.8 Å². The van der Waals surface area contributed by atoms with Crippen LogP contribution in [-0.2, 0) is 18.9 Å². The Morgan fingerprint density at radius 2 is 1.78 bits per heavy atom. The maximum atomic E-state index is 12.9. The summed E-state index contributed by atoms with van der Waals surface area (Å²) >= 11 is 0. The molecule has 164 valence electrons. The van der Waals surface area contributed by atoms with E-state index in [1.54, 1.807) is 13.2 Å². The predicted octanol–water partition coefficient (Wildman–Crippen LogP) is 2.93. The summed E-state index contributed by atoms with van der Waals surface area (Å²) in [6.07, 6.45) is 1.59. The Morgan fingerprint density at radius 3 is 2.50 bits per heavy atom. The number of rotatable bonds is 5. The number of carbonyl (C=O) groups is 1. The fourth-order valence-corrected chi connectivity index (χ4v) is 3.70. The Hall–Kier alpha value is -3.94. The number of amides is 1. The van der Waals surface area contributed by atoms with E-state index in [1.165, 1.54) is 11.6 Å². The molecule has 0 aliphatic heterocycles. The van der Waals surface area contributed by atoms with Crippen molar-refractivity contribution in [1.82, 2.24) is 14.1 Å². The van der Waals surface area contributed by atoms with Gasteiger partial charge < -0.3 is 10.1 Å². The van der Waals surface area contributed by atoms with Crippen LogP contribution in [0.15, 0.2) is 58.3 Å². The molecule has 2 aromatic heterocycles. The van der Waals surface area contributed by atoms with Crippen LogP contribution in [0.2, 0.25) is 0 Å². The molecule has 0 saturated carbocycles. The van der Waals surface area contributed by atoms with E-state index >= 15 is 0 Å². The van der Waals surface area contributed by atoms with Gasteiger partial charge in [-0.15, -0.1) is 0 Å². The fraction of sp³-hybridized carbons (Fsp3) is 0.250. The molecular formula is C24H24N4O4. The number of nitrogens with zero attached hydrogens (tertiary/aromatic N) is 3. The third-order valence-electron chi connectivity index (χ3n) is 5.48. The van der Waals surface area contributed by atoms with Crippen LogP contribution in [0, 0.1) is 0 Å². The molecule has 0 radical (unpaired) electrons. The highest BCUT2D eigenvalue weighted by Crippen LogP contribution is 2.28. The summed E-state index contributed by atoms with van der Waals surface area (Å²) in [5.74, 6) is 0.148. The number of ether oxygens (including phenoxy) is 1. The lowest BCUT2D eigenvalue weighted by atomic mass is 10.0. The average molecular weight is 432 g/mol. The average Bonchev–Trinajstić information content (AvgIpc) is 2.79. The summed E-state index contributed by atoms with van der Waals surface area (Å²) in [5, 5.41) is 5.11. The largest absolute Gasteiger partial charge is 0.484 e. The third kappa shape index (κ3) is 3.75. The number of anilines is 1. The first-order chi connectivity index (χ1) is 15.3. The van der Waals surface area contributed by atoms with Gasteiger partial charge in [0.15, 0.2) is 12.3 Å². The summed E-state index contributed by atoms with van der Waals surface area (Å²) in [4.78, 5) is 42.3. The monoisotopic (exact) mass is 432 g/mol. The topological polar surface area (TPSA) is 95.2 Å². The number of pyridine rings is 1. The Morgan fingerprint density at radius 1 is 1.06 bits per heavy atom. The lowest BCUT2D eigenvalue weighted by molar-refractivity contribution is -0.118. The molecule has 2 aromatic carbocycles. The third-order valence-corrected chi connectivity index (χ3v) is 5.48. The van der Waals surface area contributed by atoms with E-state index in [4.69, 9.17) is 4.74 Å². The van der Waals surface area contributed by atoms with Gasteiger partial charge in [-0.2, -0.15) is 0 Å². The van der Waals surface area contributed by atoms with Crippen molar-refractivity contribution in [1.29, 1.82) is 0 Å². The van der Waals surface area contributed by atoms with Crippen molar-refractivity contribution in [3.8, 4) is 5.75 Å². The molecule has 0 aliphatic rings. The highest BCUT2D eigenvalue weighted by Gasteiger charge is 2.20. The van der Waals surface area contributed by atoms with E-state index in [0.29, 0.717) is 17.0 Å². The molecule has 0 atom stereocenters. The van der Waals surface area contributed by atoms with Crippen LogP contribution in [-0.4, -0.2) is 26.6 Å². The maximum absolute atomic E-state index is 12.9. The Balaban J connectivity index is 1.67. The molecule has 0 spiro atoms. The molecule has 32 heavy (non-hydrogen) atoms. The SMILES string of the molecule is CC(C)c1cnc2c(c1NC(=O)COc1ccc3ccccc3c1)c(=O)n(C)c(=O)n2C. The standard InChI is InChI=1S/C24H24N4O4/c1-14(2)18-12-25-22-20(23(30)28(4)24(31)27(22)3)21(18)26-19(29)13-32-17-10-9-15-7-5-6-8-16(15)11-17/h5-12,14H,13H2,1-4H3,(H,25,26,29). The maximum Gasteiger partial charge on any atom is 0.332 e. The first-order valence-corrected chi connectivity index (χ1v) is 10.3. The molecule has 4 aromatic rings. The summed E-state index contributed by atoms with van der Waals surface area (Å²) < 4.78 is 7.99. The number of nitrogens with one attached hydrogen (secondary N) is 1. The smallest absolute Gasteiger partial charge is 0.332 e. The van der Waals surface area contributed by atoms with E-state index in [-0.39, 0.29) is 23.6 Å². The van der Waals surface area contributed by atoms with Crippen LogP contribution >= 0.6 is 0 Å². The quantitative estimate of drug-likeness (QED) is 0.523. The summed E-state index contributed by atoms with van der Waals surface area (Å²) in [6, 6.07) is 13.5. The van der Waals surface area contributed by atoms with Gasteiger partial charge in [0.25, 0.3) is 11.5 Å². The van der Waals surface area contributed by atoms with Gasteiger partial charge in [-0.1, -0.05) is 44.2 Å². The summed E-state index contributed by atoms with van der Waals surface area (Å²) in [6.45, 7) is 3.65. The molecule has 8 heteroatoms. The van der Waals surface area contributed by atoms with Gasteiger partial charge in [-0.3, -0.25) is 18.7 Å². The minimum Gasteiger partial charge on any atom is -0.484 e. The number of benzene rings is 2. The Bertz CT molecular complexity index is 1470. The lowest BCUT2D eigenvalue weighted by Crippen LogP contribution is -2.38. The number of carbonyl (C=O) groups excluding carboxylic acids is 1. The van der Waals surface area contributed by atoms with Gasteiger partial charge in [0, 0.05) is 20.3 Å². The molecule has 0 saturated heterocycles. The van der Waals surface area contributed by atoms with Crippen molar-refractivity contribution in [3.63, 3.8) is 0 Å². The van der Waals surface area contributed by atoms with Gasteiger partial charge >= 0.3 is 5.69 Å². The predicted molar refractivity (Wildman–Crippen MR) is 124 cm³/mol. The fourth-order valence-electron chi connectivity index (χ4n) is 3.70. The van der Waals surface area contributed by atoms with Gasteiger partial charge in [-0.05, 0) is 34.4 Å². The van der Waals surface area contributed by atoms with Crippen LogP contribution in [0.3, 0.4) is 0 Å². The second-order valence-electron chi connectivity index (χ2n) is 7.99. The number of hydrogen-bond acceptors (Lipinski definition) is 5. The van der Waals surface area contributed by atoms with E-state index in [0.717, 1.165) is 15.3 Å². The Labute approximate surface area is 184 Å². The second kappa shape index (κ2) is 8.30. The molecule has 4 rings (SSSR count). The molecule has 2 heterocycles. The van der Waals surface area contributed by atoms with Crippen molar-refractivity contribution in [2.45, 2.75) is 19.8 Å². The van der Waals surface area contributed by atoms with Crippen LogP contribution in [0.4, 0.5) is 5.69 Å². The first kappa shape index (κ1) is 21.3. The number of aromatic nitrogens is 3. The summed E-state index contributed by atoms with van der Waals surface area (Å²) in [7, 11) is 2.95. The zero-order valence-corrected chi connectivity index (χ0v) is 18.4.